The summed E-state index contributed by atoms with van der Waals surface area (Å²) < 4.78 is 2.69. The topological polar surface area (TPSA) is 60.9 Å². The normalized spacial score (nSPS) is 11.5. The van der Waals surface area contributed by atoms with Crippen LogP contribution in [0.1, 0.15) is 27.0 Å². The van der Waals surface area contributed by atoms with E-state index in [-0.39, 0.29) is 0 Å². The molecule has 4 aromatic carbocycles. The lowest BCUT2D eigenvalue weighted by atomic mass is 9.77. The molecule has 0 aliphatic heterocycles. The zero-order chi connectivity index (χ0) is 22.1. The van der Waals surface area contributed by atoms with Gasteiger partial charge in [0, 0.05) is 10.9 Å². The second-order valence-corrected chi connectivity index (χ2v) is 8.36. The fourth-order valence-corrected chi connectivity index (χ4v) is 4.87. The quantitative estimate of drug-likeness (QED) is 0.325. The second kappa shape index (κ2) is 8.09. The molecule has 0 radical (unpaired) electrons. The standard InChI is InChI=1S/C27H20BrN3O/c28-25-23-18-19(26(29)32)16-17-24(23)31(30-25)27(20-10-4-1-5-11-20,21-12-6-2-7-13-21)22-14-8-3-9-15-22/h1-18H,(H2,29,32). The molecule has 0 aliphatic rings. The number of amides is 1. The number of rotatable bonds is 5. The first-order chi connectivity index (χ1) is 15.6. The number of nitrogens with zero attached hydrogens (tertiary/aromatic N) is 2. The molecule has 32 heavy (non-hydrogen) atoms. The van der Waals surface area contributed by atoms with Crippen molar-refractivity contribution in [2.75, 3.05) is 0 Å². The molecule has 1 amide bonds. The van der Waals surface area contributed by atoms with Crippen molar-refractivity contribution in [3.8, 4) is 0 Å². The molecule has 1 heterocycles. The van der Waals surface area contributed by atoms with Gasteiger partial charge in [0.1, 0.15) is 10.1 Å². The maximum atomic E-state index is 11.8. The van der Waals surface area contributed by atoms with Crippen LogP contribution in [-0.2, 0) is 5.54 Å². The zero-order valence-corrected chi connectivity index (χ0v) is 18.7. The third-order valence-corrected chi connectivity index (χ3v) is 6.40. The Hall–Kier alpha value is -3.70. The van der Waals surface area contributed by atoms with Gasteiger partial charge in [-0.1, -0.05) is 91.0 Å². The van der Waals surface area contributed by atoms with Crippen LogP contribution >= 0.6 is 15.9 Å². The lowest BCUT2D eigenvalue weighted by Crippen LogP contribution is -2.38. The van der Waals surface area contributed by atoms with Gasteiger partial charge >= 0.3 is 0 Å². The fourth-order valence-electron chi connectivity index (χ4n) is 4.40. The van der Waals surface area contributed by atoms with Crippen LogP contribution in [0.5, 0.6) is 0 Å². The van der Waals surface area contributed by atoms with Crippen molar-refractivity contribution in [3.63, 3.8) is 0 Å². The van der Waals surface area contributed by atoms with Gasteiger partial charge < -0.3 is 5.73 Å². The molecule has 5 heteroatoms. The molecular formula is C27H20BrN3O. The summed E-state index contributed by atoms with van der Waals surface area (Å²) in [7, 11) is 0. The summed E-state index contributed by atoms with van der Waals surface area (Å²) in [5, 5.41) is 5.80. The molecule has 5 rings (SSSR count). The number of carbonyl (C=O) groups is 1. The number of benzene rings is 4. The minimum Gasteiger partial charge on any atom is -0.366 e. The molecule has 0 saturated heterocycles. The number of hydrogen-bond donors (Lipinski definition) is 1. The van der Waals surface area contributed by atoms with Crippen molar-refractivity contribution in [1.82, 2.24) is 9.78 Å². The average molecular weight is 482 g/mol. The Balaban J connectivity index is 1.95. The number of fused-ring (bicyclic) bond motifs is 1. The summed E-state index contributed by atoms with van der Waals surface area (Å²) in [6.45, 7) is 0. The second-order valence-electron chi connectivity index (χ2n) is 7.61. The minimum atomic E-state index is -0.734. The van der Waals surface area contributed by atoms with E-state index in [1.807, 2.05) is 65.3 Å². The Morgan fingerprint density at radius 3 is 1.66 bits per heavy atom. The highest BCUT2D eigenvalue weighted by molar-refractivity contribution is 9.10. The van der Waals surface area contributed by atoms with Gasteiger partial charge in [-0.25, -0.2) is 4.68 Å². The summed E-state index contributed by atoms with van der Waals surface area (Å²) in [6.07, 6.45) is 0. The monoisotopic (exact) mass is 481 g/mol. The molecule has 4 nitrogen and oxygen atoms in total. The molecule has 0 fully saturated rings. The minimum absolute atomic E-state index is 0.447. The third kappa shape index (κ3) is 3.13. The Morgan fingerprint density at radius 1 is 0.750 bits per heavy atom. The molecule has 0 saturated carbocycles. The van der Waals surface area contributed by atoms with Crippen LogP contribution in [0.25, 0.3) is 10.9 Å². The molecule has 0 bridgehead atoms. The molecule has 2 N–H and O–H groups in total. The van der Waals surface area contributed by atoms with Gasteiger partial charge in [0.2, 0.25) is 5.91 Å². The summed E-state index contributed by atoms with van der Waals surface area (Å²) in [4.78, 5) is 11.8. The predicted molar refractivity (Wildman–Crippen MR) is 131 cm³/mol. The molecule has 156 valence electrons. The predicted octanol–water partition coefficient (Wildman–Crippen LogP) is 5.74. The first-order valence-electron chi connectivity index (χ1n) is 10.3. The first-order valence-corrected chi connectivity index (χ1v) is 11.1. The Morgan fingerprint density at radius 2 is 1.22 bits per heavy atom. The van der Waals surface area contributed by atoms with Gasteiger partial charge in [-0.2, -0.15) is 5.10 Å². The van der Waals surface area contributed by atoms with Gasteiger partial charge in [-0.3, -0.25) is 4.79 Å². The van der Waals surface area contributed by atoms with Crippen molar-refractivity contribution >= 4 is 32.7 Å². The van der Waals surface area contributed by atoms with Gasteiger partial charge in [-0.15, -0.1) is 0 Å². The van der Waals surface area contributed by atoms with Crippen molar-refractivity contribution in [2.24, 2.45) is 5.73 Å². The largest absolute Gasteiger partial charge is 0.366 e. The Bertz CT molecular complexity index is 1300. The maximum absolute atomic E-state index is 11.8. The van der Waals surface area contributed by atoms with Crippen molar-refractivity contribution in [3.05, 3.63) is 136 Å². The van der Waals surface area contributed by atoms with E-state index in [0.717, 1.165) is 27.6 Å². The number of carbonyl (C=O) groups excluding carboxylic acids is 1. The SMILES string of the molecule is NC(=O)c1ccc2c(c1)c(Br)nn2C(c1ccccc1)(c1ccccc1)c1ccccc1. The average Bonchev–Trinajstić information content (AvgIpc) is 3.18. The van der Waals surface area contributed by atoms with E-state index < -0.39 is 11.4 Å². The van der Waals surface area contributed by atoms with Crippen LogP contribution in [-0.4, -0.2) is 15.7 Å². The summed E-state index contributed by atoms with van der Waals surface area (Å²) >= 11 is 3.63. The third-order valence-electron chi connectivity index (χ3n) is 5.81. The van der Waals surface area contributed by atoms with E-state index in [4.69, 9.17) is 10.8 Å². The van der Waals surface area contributed by atoms with Gasteiger partial charge in [0.15, 0.2) is 0 Å². The van der Waals surface area contributed by atoms with Crippen LogP contribution in [0.4, 0.5) is 0 Å². The van der Waals surface area contributed by atoms with Crippen molar-refractivity contribution < 1.29 is 4.79 Å². The molecule has 0 aliphatic carbocycles. The molecule has 0 unspecified atom stereocenters. The van der Waals surface area contributed by atoms with Crippen molar-refractivity contribution in [2.45, 2.75) is 5.54 Å². The van der Waals surface area contributed by atoms with Gasteiger partial charge in [-0.05, 0) is 50.8 Å². The Labute approximate surface area is 194 Å². The molecular weight excluding hydrogens is 462 g/mol. The highest BCUT2D eigenvalue weighted by atomic mass is 79.9. The number of primary amides is 1. The summed E-state index contributed by atoms with van der Waals surface area (Å²) in [5.41, 5.74) is 9.37. The van der Waals surface area contributed by atoms with Gasteiger partial charge in [0.25, 0.3) is 0 Å². The number of nitrogens with two attached hydrogens (primary N) is 1. The smallest absolute Gasteiger partial charge is 0.248 e. The number of aromatic nitrogens is 2. The number of hydrogen-bond acceptors (Lipinski definition) is 2. The highest BCUT2D eigenvalue weighted by Crippen LogP contribution is 2.43. The van der Waals surface area contributed by atoms with Crippen LogP contribution in [0.3, 0.4) is 0 Å². The van der Waals surface area contributed by atoms with Crippen LogP contribution in [0.15, 0.2) is 114 Å². The lowest BCUT2D eigenvalue weighted by Gasteiger charge is -2.37. The van der Waals surface area contributed by atoms with E-state index >= 15 is 0 Å². The Kier molecular flexibility index (Phi) is 5.11. The molecule has 5 aromatic rings. The van der Waals surface area contributed by atoms with E-state index in [1.165, 1.54) is 0 Å². The van der Waals surface area contributed by atoms with Crippen molar-refractivity contribution in [1.29, 1.82) is 0 Å². The van der Waals surface area contributed by atoms with Crippen LogP contribution in [0.2, 0.25) is 0 Å². The number of halogens is 1. The first kappa shape index (κ1) is 20.2. The molecule has 1 aromatic heterocycles. The molecule has 0 spiro atoms. The zero-order valence-electron chi connectivity index (χ0n) is 17.2. The highest BCUT2D eigenvalue weighted by Gasteiger charge is 2.40. The molecule has 0 atom stereocenters. The van der Waals surface area contributed by atoms with E-state index in [1.54, 1.807) is 12.1 Å². The van der Waals surface area contributed by atoms with E-state index in [0.29, 0.717) is 10.2 Å². The lowest BCUT2D eigenvalue weighted by molar-refractivity contribution is 0.100. The summed E-state index contributed by atoms with van der Waals surface area (Å²) in [5.74, 6) is -0.466. The summed E-state index contributed by atoms with van der Waals surface area (Å²) in [6, 6.07) is 36.5. The van der Waals surface area contributed by atoms with Crippen LogP contribution < -0.4 is 5.73 Å². The van der Waals surface area contributed by atoms with Crippen LogP contribution in [0, 0.1) is 0 Å². The van der Waals surface area contributed by atoms with E-state index in [9.17, 15) is 4.79 Å². The fraction of sp³-hybridized carbons (Fsp3) is 0.0370. The van der Waals surface area contributed by atoms with Gasteiger partial charge in [0.05, 0.1) is 5.52 Å². The maximum Gasteiger partial charge on any atom is 0.248 e. The van der Waals surface area contributed by atoms with E-state index in [2.05, 4.69) is 52.3 Å².